The molecule has 2 aromatic rings. The molecule has 21 heavy (non-hydrogen) atoms. The largest absolute Gasteiger partial charge is 0.391 e. The normalized spacial score (nSPS) is 21.4. The first-order valence-corrected chi connectivity index (χ1v) is 7.01. The number of aliphatic hydroxyl groups is 1. The van der Waals surface area contributed by atoms with Crippen LogP contribution < -0.4 is 10.6 Å². The number of hydrogen-bond acceptors (Lipinski definition) is 4. The number of nitrogens with zero attached hydrogens (tertiary/aromatic N) is 2. The third-order valence-corrected chi connectivity index (χ3v) is 3.71. The number of carbonyl (C=O) groups is 1. The van der Waals surface area contributed by atoms with Crippen LogP contribution in [-0.2, 0) is 0 Å². The van der Waals surface area contributed by atoms with Gasteiger partial charge in [0.2, 0.25) is 0 Å². The minimum atomic E-state index is -0.388. The van der Waals surface area contributed by atoms with E-state index in [1.807, 2.05) is 24.4 Å². The van der Waals surface area contributed by atoms with E-state index >= 15 is 0 Å². The van der Waals surface area contributed by atoms with E-state index in [1.54, 1.807) is 23.0 Å². The smallest absolute Gasteiger partial charge is 0.251 e. The van der Waals surface area contributed by atoms with Gasteiger partial charge >= 0.3 is 0 Å². The van der Waals surface area contributed by atoms with Crippen molar-refractivity contribution in [1.82, 2.24) is 20.4 Å². The van der Waals surface area contributed by atoms with E-state index in [2.05, 4.69) is 15.7 Å². The summed E-state index contributed by atoms with van der Waals surface area (Å²) in [5.41, 5.74) is 1.43. The van der Waals surface area contributed by atoms with E-state index in [0.29, 0.717) is 18.7 Å². The zero-order valence-electron chi connectivity index (χ0n) is 11.6. The van der Waals surface area contributed by atoms with Crippen LogP contribution in [0.2, 0.25) is 0 Å². The molecular formula is C15H18N4O2. The Morgan fingerprint density at radius 2 is 2.33 bits per heavy atom. The SMILES string of the molecule is O=C(NCC1CNCC1O)c1cccc(-n2cccn2)c1. The van der Waals surface area contributed by atoms with E-state index in [4.69, 9.17) is 0 Å². The Morgan fingerprint density at radius 1 is 1.43 bits per heavy atom. The van der Waals surface area contributed by atoms with Crippen molar-refractivity contribution in [1.29, 1.82) is 0 Å². The number of rotatable bonds is 4. The van der Waals surface area contributed by atoms with Crippen LogP contribution in [0.5, 0.6) is 0 Å². The van der Waals surface area contributed by atoms with E-state index in [9.17, 15) is 9.90 Å². The second-order valence-corrected chi connectivity index (χ2v) is 5.20. The van der Waals surface area contributed by atoms with Gasteiger partial charge in [-0.05, 0) is 24.3 Å². The lowest BCUT2D eigenvalue weighted by molar-refractivity contribution is 0.0927. The molecule has 3 N–H and O–H groups in total. The van der Waals surface area contributed by atoms with Gasteiger partial charge in [0.1, 0.15) is 0 Å². The zero-order chi connectivity index (χ0) is 14.7. The standard InChI is InChI=1S/C15H18N4O2/c20-14-10-16-8-12(14)9-17-15(21)11-3-1-4-13(7-11)19-6-2-5-18-19/h1-7,12,14,16,20H,8-10H2,(H,17,21). The molecule has 1 aromatic carbocycles. The second-order valence-electron chi connectivity index (χ2n) is 5.20. The number of aliphatic hydroxyl groups excluding tert-OH is 1. The van der Waals surface area contributed by atoms with Crippen LogP contribution in [0.1, 0.15) is 10.4 Å². The van der Waals surface area contributed by atoms with Gasteiger partial charge in [-0.25, -0.2) is 4.68 Å². The molecule has 110 valence electrons. The lowest BCUT2D eigenvalue weighted by Gasteiger charge is -2.14. The molecule has 0 aliphatic carbocycles. The van der Waals surface area contributed by atoms with Gasteiger partial charge in [-0.1, -0.05) is 6.07 Å². The van der Waals surface area contributed by atoms with E-state index < -0.39 is 0 Å². The van der Waals surface area contributed by atoms with E-state index in [1.165, 1.54) is 0 Å². The Morgan fingerprint density at radius 3 is 3.05 bits per heavy atom. The molecule has 6 heteroatoms. The Hall–Kier alpha value is -2.18. The van der Waals surface area contributed by atoms with Crippen molar-refractivity contribution < 1.29 is 9.90 Å². The number of nitrogens with one attached hydrogen (secondary N) is 2. The molecule has 3 rings (SSSR count). The second kappa shape index (κ2) is 6.07. The molecular weight excluding hydrogens is 268 g/mol. The summed E-state index contributed by atoms with van der Waals surface area (Å²) < 4.78 is 1.71. The van der Waals surface area contributed by atoms with Crippen molar-refractivity contribution in [3.05, 3.63) is 48.3 Å². The van der Waals surface area contributed by atoms with Crippen molar-refractivity contribution in [2.24, 2.45) is 5.92 Å². The third-order valence-electron chi connectivity index (χ3n) is 3.71. The van der Waals surface area contributed by atoms with Gasteiger partial charge in [-0.3, -0.25) is 4.79 Å². The predicted molar refractivity (Wildman–Crippen MR) is 78.3 cm³/mol. The summed E-state index contributed by atoms with van der Waals surface area (Å²) in [6.07, 6.45) is 3.14. The number of carbonyl (C=O) groups excluding carboxylic acids is 1. The molecule has 2 unspecified atom stereocenters. The highest BCUT2D eigenvalue weighted by Crippen LogP contribution is 2.11. The molecule has 1 saturated heterocycles. The molecule has 1 aromatic heterocycles. The van der Waals surface area contributed by atoms with Crippen LogP contribution in [-0.4, -0.2) is 46.5 Å². The summed E-state index contributed by atoms with van der Waals surface area (Å²) in [7, 11) is 0. The lowest BCUT2D eigenvalue weighted by atomic mass is 10.1. The van der Waals surface area contributed by atoms with Crippen LogP contribution in [0, 0.1) is 5.92 Å². The molecule has 1 aliphatic rings. The van der Waals surface area contributed by atoms with Gasteiger partial charge in [-0.2, -0.15) is 5.10 Å². The summed E-state index contributed by atoms with van der Waals surface area (Å²) >= 11 is 0. The maximum absolute atomic E-state index is 12.2. The molecule has 2 atom stereocenters. The summed E-state index contributed by atoms with van der Waals surface area (Å²) in [5, 5.41) is 19.8. The van der Waals surface area contributed by atoms with Crippen molar-refractivity contribution >= 4 is 5.91 Å². The van der Waals surface area contributed by atoms with Gasteiger partial charge < -0.3 is 15.7 Å². The average molecular weight is 286 g/mol. The van der Waals surface area contributed by atoms with Crippen molar-refractivity contribution in [2.75, 3.05) is 19.6 Å². The molecule has 2 heterocycles. The maximum atomic E-state index is 12.2. The number of benzene rings is 1. The van der Waals surface area contributed by atoms with Gasteiger partial charge in [-0.15, -0.1) is 0 Å². The lowest BCUT2D eigenvalue weighted by Crippen LogP contribution is -2.34. The first-order valence-electron chi connectivity index (χ1n) is 7.01. The molecule has 0 spiro atoms. The summed E-state index contributed by atoms with van der Waals surface area (Å²) in [5.74, 6) is -0.0636. The highest BCUT2D eigenvalue weighted by atomic mass is 16.3. The van der Waals surface area contributed by atoms with Crippen molar-refractivity contribution in [3.63, 3.8) is 0 Å². The Labute approximate surface area is 122 Å². The topological polar surface area (TPSA) is 79.2 Å². The Bertz CT molecular complexity index is 612. The minimum absolute atomic E-state index is 0.0725. The first kappa shape index (κ1) is 13.8. The highest BCUT2D eigenvalue weighted by molar-refractivity contribution is 5.94. The fourth-order valence-electron chi connectivity index (χ4n) is 2.46. The van der Waals surface area contributed by atoms with Crippen LogP contribution in [0.4, 0.5) is 0 Å². The third kappa shape index (κ3) is 3.12. The van der Waals surface area contributed by atoms with Gasteiger partial charge in [0.05, 0.1) is 11.8 Å². The number of aromatic nitrogens is 2. The van der Waals surface area contributed by atoms with E-state index in [0.717, 1.165) is 12.2 Å². The van der Waals surface area contributed by atoms with Crippen LogP contribution in [0.15, 0.2) is 42.7 Å². The minimum Gasteiger partial charge on any atom is -0.391 e. The van der Waals surface area contributed by atoms with Gasteiger partial charge in [0, 0.05) is 43.5 Å². The average Bonchev–Trinajstić information content (AvgIpc) is 3.16. The molecule has 0 bridgehead atoms. The number of amides is 1. The molecule has 1 aliphatic heterocycles. The van der Waals surface area contributed by atoms with Crippen LogP contribution in [0.25, 0.3) is 5.69 Å². The summed E-state index contributed by atoms with van der Waals surface area (Å²) in [6, 6.07) is 9.13. The first-order chi connectivity index (χ1) is 10.2. The Kier molecular flexibility index (Phi) is 3.98. The number of β-amino-alcohol motifs (C(OH)–C–C–N with tert-alkyl or cyclic N) is 1. The molecule has 0 radical (unpaired) electrons. The zero-order valence-corrected chi connectivity index (χ0v) is 11.6. The molecule has 1 fully saturated rings. The van der Waals surface area contributed by atoms with Crippen LogP contribution >= 0.6 is 0 Å². The van der Waals surface area contributed by atoms with Gasteiger partial charge in [0.25, 0.3) is 5.91 Å². The Balaban J connectivity index is 1.66. The van der Waals surface area contributed by atoms with Crippen LogP contribution in [0.3, 0.4) is 0 Å². The van der Waals surface area contributed by atoms with Gasteiger partial charge in [0.15, 0.2) is 0 Å². The number of hydrogen-bond donors (Lipinski definition) is 3. The summed E-state index contributed by atoms with van der Waals surface area (Å²) in [6.45, 7) is 1.79. The maximum Gasteiger partial charge on any atom is 0.251 e. The fourth-order valence-corrected chi connectivity index (χ4v) is 2.46. The predicted octanol–water partition coefficient (Wildman–Crippen LogP) is 0.182. The van der Waals surface area contributed by atoms with Crippen molar-refractivity contribution in [2.45, 2.75) is 6.10 Å². The monoisotopic (exact) mass is 286 g/mol. The molecule has 6 nitrogen and oxygen atoms in total. The fraction of sp³-hybridized carbons (Fsp3) is 0.333. The highest BCUT2D eigenvalue weighted by Gasteiger charge is 2.25. The molecule has 1 amide bonds. The summed E-state index contributed by atoms with van der Waals surface area (Å²) in [4.78, 5) is 12.2. The van der Waals surface area contributed by atoms with Crippen molar-refractivity contribution in [3.8, 4) is 5.69 Å². The van der Waals surface area contributed by atoms with E-state index in [-0.39, 0.29) is 17.9 Å². The molecule has 0 saturated carbocycles. The quantitative estimate of drug-likeness (QED) is 0.749.